The summed E-state index contributed by atoms with van der Waals surface area (Å²) in [5, 5.41) is 24.8. The third-order valence-corrected chi connectivity index (χ3v) is 6.00. The molecule has 4 unspecified atom stereocenters. The van der Waals surface area contributed by atoms with Crippen molar-refractivity contribution in [3.8, 4) is 0 Å². The summed E-state index contributed by atoms with van der Waals surface area (Å²) >= 11 is 0. The maximum absolute atomic E-state index is 12.6. The van der Waals surface area contributed by atoms with E-state index < -0.39 is 34.2 Å². The maximum Gasteiger partial charge on any atom is 0.336 e. The van der Waals surface area contributed by atoms with E-state index >= 15 is 0 Å². The summed E-state index contributed by atoms with van der Waals surface area (Å²) in [6, 6.07) is 5.77. The van der Waals surface area contributed by atoms with Gasteiger partial charge in [-0.3, -0.25) is 14.9 Å². The standard InChI is InChI=1S/C21H26N2O7/c1-12-16(20(26)29-3)17(13-6-4-7-14(10-13)23(27)28)18(19(24)25)21(2,22-12)11-15-8-5-9-30-15/h4,6-7,10,15,17-18,22H,5,8-9,11H2,1-3H3,(H,24,25). The number of carboxylic acid groups (broad SMARTS) is 1. The van der Waals surface area contributed by atoms with Crippen molar-refractivity contribution < 1.29 is 29.1 Å². The van der Waals surface area contributed by atoms with Crippen LogP contribution in [0.25, 0.3) is 0 Å². The summed E-state index contributed by atoms with van der Waals surface area (Å²) in [5.74, 6) is -3.75. The first kappa shape index (κ1) is 21.8. The van der Waals surface area contributed by atoms with Crippen molar-refractivity contribution in [2.24, 2.45) is 5.92 Å². The van der Waals surface area contributed by atoms with Crippen LogP contribution in [-0.4, -0.2) is 47.3 Å². The molecule has 0 aliphatic carbocycles. The van der Waals surface area contributed by atoms with Crippen molar-refractivity contribution in [3.05, 3.63) is 51.2 Å². The molecular weight excluding hydrogens is 392 g/mol. The Hall–Kier alpha value is -2.94. The molecule has 0 saturated carbocycles. The summed E-state index contributed by atoms with van der Waals surface area (Å²) in [5.41, 5.74) is -0.0570. The number of methoxy groups -OCH3 is 1. The Morgan fingerprint density at radius 1 is 1.43 bits per heavy atom. The lowest BCUT2D eigenvalue weighted by molar-refractivity contribution is -0.384. The number of carbonyl (C=O) groups excluding carboxylic acids is 1. The number of hydrogen-bond acceptors (Lipinski definition) is 7. The maximum atomic E-state index is 12.6. The number of carboxylic acids is 1. The minimum absolute atomic E-state index is 0.0948. The van der Waals surface area contributed by atoms with E-state index in [0.717, 1.165) is 12.8 Å². The zero-order chi connectivity index (χ0) is 22.1. The van der Waals surface area contributed by atoms with Crippen LogP contribution in [0.1, 0.15) is 44.6 Å². The number of rotatable bonds is 6. The molecule has 0 bridgehead atoms. The summed E-state index contributed by atoms with van der Waals surface area (Å²) in [4.78, 5) is 35.9. The summed E-state index contributed by atoms with van der Waals surface area (Å²) in [7, 11) is 1.23. The molecule has 1 aromatic rings. The van der Waals surface area contributed by atoms with Gasteiger partial charge in [-0.15, -0.1) is 0 Å². The molecule has 162 valence electrons. The zero-order valence-electron chi connectivity index (χ0n) is 17.2. The summed E-state index contributed by atoms with van der Waals surface area (Å²) in [6.45, 7) is 4.13. The first-order valence-corrected chi connectivity index (χ1v) is 9.84. The van der Waals surface area contributed by atoms with Crippen LogP contribution in [0.15, 0.2) is 35.5 Å². The molecule has 9 nitrogen and oxygen atoms in total. The quantitative estimate of drug-likeness (QED) is 0.410. The molecule has 9 heteroatoms. The molecule has 30 heavy (non-hydrogen) atoms. The highest BCUT2D eigenvalue weighted by Crippen LogP contribution is 2.46. The Balaban J connectivity index is 2.17. The average Bonchev–Trinajstić information content (AvgIpc) is 3.18. The van der Waals surface area contributed by atoms with Crippen molar-refractivity contribution in [3.63, 3.8) is 0 Å². The SMILES string of the molecule is COC(=O)C1=C(C)NC(C)(CC2CCCO2)C(C(=O)O)C1c1cccc([N+](=O)[O-])c1. The van der Waals surface area contributed by atoms with Gasteiger partial charge in [-0.25, -0.2) is 4.79 Å². The second kappa shape index (κ2) is 8.43. The second-order valence-electron chi connectivity index (χ2n) is 8.06. The molecule has 0 spiro atoms. The molecule has 4 atom stereocenters. The van der Waals surface area contributed by atoms with E-state index in [0.29, 0.717) is 24.3 Å². The molecule has 0 radical (unpaired) electrons. The van der Waals surface area contributed by atoms with Gasteiger partial charge in [0.05, 0.1) is 35.2 Å². The van der Waals surface area contributed by atoms with Crippen LogP contribution in [-0.2, 0) is 19.1 Å². The predicted molar refractivity (Wildman–Crippen MR) is 107 cm³/mol. The first-order valence-electron chi connectivity index (χ1n) is 9.84. The smallest absolute Gasteiger partial charge is 0.336 e. The highest BCUT2D eigenvalue weighted by Gasteiger charge is 2.52. The fourth-order valence-corrected chi connectivity index (χ4v) is 4.79. The molecule has 0 amide bonds. The Kier molecular flexibility index (Phi) is 6.12. The van der Waals surface area contributed by atoms with Crippen molar-refractivity contribution in [1.29, 1.82) is 0 Å². The number of non-ortho nitro benzene ring substituents is 1. The summed E-state index contributed by atoms with van der Waals surface area (Å²) < 4.78 is 10.7. The largest absolute Gasteiger partial charge is 0.481 e. The van der Waals surface area contributed by atoms with Crippen LogP contribution >= 0.6 is 0 Å². The van der Waals surface area contributed by atoms with Crippen LogP contribution in [0.5, 0.6) is 0 Å². The van der Waals surface area contributed by atoms with Gasteiger partial charge in [0.15, 0.2) is 0 Å². The number of nitrogens with zero attached hydrogens (tertiary/aromatic N) is 1. The number of allylic oxidation sites excluding steroid dienone is 1. The van der Waals surface area contributed by atoms with Gasteiger partial charge in [0.2, 0.25) is 0 Å². The van der Waals surface area contributed by atoms with Crippen molar-refractivity contribution in [1.82, 2.24) is 5.32 Å². The van der Waals surface area contributed by atoms with Gasteiger partial charge >= 0.3 is 11.9 Å². The Bertz CT molecular complexity index is 891. The lowest BCUT2D eigenvalue weighted by Gasteiger charge is -2.47. The first-order chi connectivity index (χ1) is 14.2. The lowest BCUT2D eigenvalue weighted by atomic mass is 9.65. The molecule has 1 saturated heterocycles. The van der Waals surface area contributed by atoms with Gasteiger partial charge in [0.25, 0.3) is 5.69 Å². The van der Waals surface area contributed by atoms with Gasteiger partial charge in [0.1, 0.15) is 0 Å². The number of nitro benzene ring substituents is 1. The zero-order valence-corrected chi connectivity index (χ0v) is 17.2. The Morgan fingerprint density at radius 2 is 2.17 bits per heavy atom. The van der Waals surface area contributed by atoms with Crippen molar-refractivity contribution >= 4 is 17.6 Å². The van der Waals surface area contributed by atoms with E-state index in [2.05, 4.69) is 5.32 Å². The number of aliphatic carboxylic acids is 1. The monoisotopic (exact) mass is 418 g/mol. The predicted octanol–water partition coefficient (Wildman–Crippen LogP) is 2.76. The third kappa shape index (κ3) is 4.02. The van der Waals surface area contributed by atoms with Crippen LogP contribution in [0, 0.1) is 16.0 Å². The fraction of sp³-hybridized carbons (Fsp3) is 0.524. The Labute approximate surface area is 174 Å². The molecule has 2 aliphatic heterocycles. The van der Waals surface area contributed by atoms with E-state index in [1.54, 1.807) is 19.9 Å². The van der Waals surface area contributed by atoms with Crippen LogP contribution < -0.4 is 5.32 Å². The molecule has 3 rings (SSSR count). The highest BCUT2D eigenvalue weighted by atomic mass is 16.6. The third-order valence-electron chi connectivity index (χ3n) is 6.00. The number of nitro groups is 1. The topological polar surface area (TPSA) is 128 Å². The number of carbonyl (C=O) groups is 2. The normalized spacial score (nSPS) is 28.7. The van der Waals surface area contributed by atoms with E-state index in [4.69, 9.17) is 9.47 Å². The van der Waals surface area contributed by atoms with Crippen molar-refractivity contribution in [2.75, 3.05) is 13.7 Å². The molecule has 2 N–H and O–H groups in total. The number of nitrogens with one attached hydrogen (secondary N) is 1. The van der Waals surface area contributed by atoms with Gasteiger partial charge in [-0.05, 0) is 38.7 Å². The molecule has 2 heterocycles. The van der Waals surface area contributed by atoms with Gasteiger partial charge < -0.3 is 19.9 Å². The average molecular weight is 418 g/mol. The van der Waals surface area contributed by atoms with E-state index in [1.165, 1.54) is 25.3 Å². The van der Waals surface area contributed by atoms with E-state index in [9.17, 15) is 24.8 Å². The van der Waals surface area contributed by atoms with Crippen LogP contribution in [0.2, 0.25) is 0 Å². The number of ether oxygens (including phenoxy) is 2. The van der Waals surface area contributed by atoms with Crippen LogP contribution in [0.4, 0.5) is 5.69 Å². The van der Waals surface area contributed by atoms with Gasteiger partial charge in [-0.1, -0.05) is 12.1 Å². The Morgan fingerprint density at radius 3 is 2.73 bits per heavy atom. The molecular formula is C21H26N2O7. The highest BCUT2D eigenvalue weighted by molar-refractivity contribution is 5.93. The van der Waals surface area contributed by atoms with E-state index in [-0.39, 0.29) is 17.4 Å². The summed E-state index contributed by atoms with van der Waals surface area (Å²) in [6.07, 6.45) is 2.08. The van der Waals surface area contributed by atoms with Gasteiger partial charge in [-0.2, -0.15) is 0 Å². The lowest BCUT2D eigenvalue weighted by Crippen LogP contribution is -2.58. The van der Waals surface area contributed by atoms with E-state index in [1.807, 2.05) is 0 Å². The number of esters is 1. The molecule has 0 aromatic heterocycles. The minimum atomic E-state index is -1.10. The van der Waals surface area contributed by atoms with Crippen LogP contribution in [0.3, 0.4) is 0 Å². The minimum Gasteiger partial charge on any atom is -0.481 e. The molecule has 1 fully saturated rings. The van der Waals surface area contributed by atoms with Crippen molar-refractivity contribution in [2.45, 2.75) is 50.7 Å². The second-order valence-corrected chi connectivity index (χ2v) is 8.06. The number of benzene rings is 1. The van der Waals surface area contributed by atoms with Gasteiger partial charge in [0, 0.05) is 30.4 Å². The molecule has 2 aliphatic rings. The fourth-order valence-electron chi connectivity index (χ4n) is 4.79. The molecule has 1 aromatic carbocycles. The number of hydrogen-bond donors (Lipinski definition) is 2.